The zero-order valence-corrected chi connectivity index (χ0v) is 11.7. The molecule has 0 aliphatic heterocycles. The van der Waals surface area contributed by atoms with E-state index in [1.54, 1.807) is 0 Å². The van der Waals surface area contributed by atoms with E-state index in [0.29, 0.717) is 5.82 Å². The average Bonchev–Trinajstić information content (AvgIpc) is 2.46. The molecule has 0 aliphatic rings. The van der Waals surface area contributed by atoms with Gasteiger partial charge in [-0.05, 0) is 18.6 Å². The maximum absolute atomic E-state index is 13.6. The van der Waals surface area contributed by atoms with Crippen molar-refractivity contribution in [2.45, 2.75) is 19.8 Å². The summed E-state index contributed by atoms with van der Waals surface area (Å²) in [6.07, 6.45) is 3.36. The molecule has 0 saturated carbocycles. The van der Waals surface area contributed by atoms with Crippen LogP contribution >= 0.6 is 0 Å². The molecule has 112 valence electrons. The largest absolute Gasteiger partial charge is 0.393 e. The van der Waals surface area contributed by atoms with E-state index in [1.807, 2.05) is 0 Å². The summed E-state index contributed by atoms with van der Waals surface area (Å²) in [6, 6.07) is 3.24. The van der Waals surface area contributed by atoms with Crippen LogP contribution in [0.2, 0.25) is 0 Å². The summed E-state index contributed by atoms with van der Waals surface area (Å²) in [5.74, 6) is -0.595. The van der Waals surface area contributed by atoms with Crippen molar-refractivity contribution in [2.24, 2.45) is 0 Å². The second-order valence-corrected chi connectivity index (χ2v) is 4.51. The Bertz CT molecular complexity index is 618. The maximum atomic E-state index is 13.6. The molecule has 2 rings (SSSR count). The Labute approximate surface area is 121 Å². The first-order chi connectivity index (χ1) is 10.1. The fraction of sp³-hybridized carbons (Fsp3) is 0.286. The van der Waals surface area contributed by atoms with Crippen LogP contribution in [-0.2, 0) is 0 Å². The predicted molar refractivity (Wildman–Crippen MR) is 79.5 cm³/mol. The molecular formula is C14H17F2N5. The number of benzene rings is 1. The molecular weight excluding hydrogens is 276 g/mol. The lowest BCUT2D eigenvalue weighted by molar-refractivity contribution is 0.586. The van der Waals surface area contributed by atoms with Gasteiger partial charge in [-0.15, -0.1) is 0 Å². The number of rotatable bonds is 6. The minimum Gasteiger partial charge on any atom is -0.393 e. The van der Waals surface area contributed by atoms with Crippen LogP contribution < -0.4 is 16.4 Å². The highest BCUT2D eigenvalue weighted by molar-refractivity contribution is 5.77. The number of hydrogen-bond donors (Lipinski definition) is 3. The summed E-state index contributed by atoms with van der Waals surface area (Å²) in [7, 11) is 0. The Morgan fingerprint density at radius 1 is 1.19 bits per heavy atom. The lowest BCUT2D eigenvalue weighted by atomic mass is 10.3. The summed E-state index contributed by atoms with van der Waals surface area (Å²) in [6.45, 7) is 2.82. The Hall–Kier alpha value is -2.44. The van der Waals surface area contributed by atoms with E-state index in [1.165, 1.54) is 12.4 Å². The Morgan fingerprint density at radius 2 is 1.95 bits per heavy atom. The van der Waals surface area contributed by atoms with Gasteiger partial charge in [0.2, 0.25) is 0 Å². The normalized spacial score (nSPS) is 10.4. The highest BCUT2D eigenvalue weighted by Gasteiger charge is 2.10. The Balaban J connectivity index is 2.18. The van der Waals surface area contributed by atoms with E-state index >= 15 is 0 Å². The molecule has 0 unspecified atom stereocenters. The standard InChI is InChI=1S/C14H17F2N5/c1-2-3-6-18-13-12(17)14(20-8-19-13)21-11-5-4-9(15)7-10(11)16/h4-5,7-8H,2-3,6,17H2,1H3,(H2,18,19,20,21). The van der Waals surface area contributed by atoms with Crippen LogP contribution in [-0.4, -0.2) is 16.5 Å². The van der Waals surface area contributed by atoms with Gasteiger partial charge in [0.05, 0.1) is 5.69 Å². The molecule has 0 atom stereocenters. The van der Waals surface area contributed by atoms with Crippen LogP contribution in [0.3, 0.4) is 0 Å². The summed E-state index contributed by atoms with van der Waals surface area (Å²) in [5.41, 5.74) is 6.33. The zero-order chi connectivity index (χ0) is 15.2. The van der Waals surface area contributed by atoms with Gasteiger partial charge in [-0.3, -0.25) is 0 Å². The number of nitrogens with one attached hydrogen (secondary N) is 2. The molecule has 1 aromatic carbocycles. The van der Waals surface area contributed by atoms with Gasteiger partial charge < -0.3 is 16.4 Å². The van der Waals surface area contributed by atoms with Gasteiger partial charge in [0.1, 0.15) is 23.6 Å². The molecule has 2 aromatic rings. The van der Waals surface area contributed by atoms with Crippen molar-refractivity contribution in [3.63, 3.8) is 0 Å². The summed E-state index contributed by atoms with van der Waals surface area (Å²) >= 11 is 0. The molecule has 4 N–H and O–H groups in total. The number of unbranched alkanes of at least 4 members (excludes halogenated alkanes) is 1. The first-order valence-electron chi connectivity index (χ1n) is 6.68. The Kier molecular flexibility index (Phi) is 4.86. The molecule has 21 heavy (non-hydrogen) atoms. The number of halogens is 2. The first kappa shape index (κ1) is 15.0. The van der Waals surface area contributed by atoms with Crippen molar-refractivity contribution in [1.82, 2.24) is 9.97 Å². The van der Waals surface area contributed by atoms with E-state index in [9.17, 15) is 8.78 Å². The molecule has 0 fully saturated rings. The first-order valence-corrected chi connectivity index (χ1v) is 6.68. The number of nitrogens with zero attached hydrogens (tertiary/aromatic N) is 2. The number of anilines is 4. The lowest BCUT2D eigenvalue weighted by Crippen LogP contribution is -2.09. The monoisotopic (exact) mass is 293 g/mol. The van der Waals surface area contributed by atoms with E-state index in [2.05, 4.69) is 27.5 Å². The van der Waals surface area contributed by atoms with Crippen LogP contribution in [0.5, 0.6) is 0 Å². The van der Waals surface area contributed by atoms with E-state index < -0.39 is 11.6 Å². The fourth-order valence-corrected chi connectivity index (χ4v) is 1.74. The summed E-state index contributed by atoms with van der Waals surface area (Å²) in [4.78, 5) is 8.03. The molecule has 0 amide bonds. The molecule has 1 heterocycles. The van der Waals surface area contributed by atoms with Crippen LogP contribution in [0.1, 0.15) is 19.8 Å². The quantitative estimate of drug-likeness (QED) is 0.712. The van der Waals surface area contributed by atoms with Gasteiger partial charge in [-0.2, -0.15) is 0 Å². The van der Waals surface area contributed by atoms with Gasteiger partial charge >= 0.3 is 0 Å². The summed E-state index contributed by atoms with van der Waals surface area (Å²) in [5, 5.41) is 5.83. The molecule has 7 heteroatoms. The van der Waals surface area contributed by atoms with Gasteiger partial charge in [-0.1, -0.05) is 13.3 Å². The second kappa shape index (κ2) is 6.83. The molecule has 0 bridgehead atoms. The van der Waals surface area contributed by atoms with Gasteiger partial charge in [0.15, 0.2) is 11.6 Å². The Morgan fingerprint density at radius 3 is 2.67 bits per heavy atom. The maximum Gasteiger partial charge on any atom is 0.159 e. The topological polar surface area (TPSA) is 75.9 Å². The smallest absolute Gasteiger partial charge is 0.159 e. The number of nitrogens with two attached hydrogens (primary N) is 1. The van der Waals surface area contributed by atoms with E-state index in [0.717, 1.165) is 31.5 Å². The minimum absolute atomic E-state index is 0.0984. The van der Waals surface area contributed by atoms with Gasteiger partial charge in [0.25, 0.3) is 0 Å². The highest BCUT2D eigenvalue weighted by atomic mass is 19.1. The van der Waals surface area contributed by atoms with E-state index in [4.69, 9.17) is 5.73 Å². The molecule has 0 radical (unpaired) electrons. The summed E-state index contributed by atoms with van der Waals surface area (Å²) < 4.78 is 26.5. The third-order valence-electron chi connectivity index (χ3n) is 2.89. The molecule has 0 saturated heterocycles. The highest BCUT2D eigenvalue weighted by Crippen LogP contribution is 2.27. The average molecular weight is 293 g/mol. The van der Waals surface area contributed by atoms with Crippen LogP contribution in [0.25, 0.3) is 0 Å². The SMILES string of the molecule is CCCCNc1ncnc(Nc2ccc(F)cc2F)c1N. The predicted octanol–water partition coefficient (Wildman–Crippen LogP) is 3.29. The number of nitrogen functional groups attached to an aromatic ring is 1. The van der Waals surface area contributed by atoms with Crippen molar-refractivity contribution in [3.8, 4) is 0 Å². The van der Waals surface area contributed by atoms with Crippen molar-refractivity contribution >= 4 is 23.0 Å². The van der Waals surface area contributed by atoms with E-state index in [-0.39, 0.29) is 17.2 Å². The van der Waals surface area contributed by atoms with Crippen molar-refractivity contribution in [2.75, 3.05) is 22.9 Å². The van der Waals surface area contributed by atoms with Crippen molar-refractivity contribution < 1.29 is 8.78 Å². The molecule has 5 nitrogen and oxygen atoms in total. The second-order valence-electron chi connectivity index (χ2n) is 4.51. The molecule has 0 spiro atoms. The minimum atomic E-state index is -0.714. The van der Waals surface area contributed by atoms with Crippen LogP contribution in [0.4, 0.5) is 31.8 Å². The number of aromatic nitrogens is 2. The third-order valence-corrected chi connectivity index (χ3v) is 2.89. The van der Waals surface area contributed by atoms with Crippen molar-refractivity contribution in [1.29, 1.82) is 0 Å². The fourth-order valence-electron chi connectivity index (χ4n) is 1.74. The van der Waals surface area contributed by atoms with Crippen LogP contribution in [0.15, 0.2) is 24.5 Å². The van der Waals surface area contributed by atoms with Gasteiger partial charge in [0, 0.05) is 12.6 Å². The molecule has 1 aromatic heterocycles. The van der Waals surface area contributed by atoms with Crippen LogP contribution in [0, 0.1) is 11.6 Å². The number of hydrogen-bond acceptors (Lipinski definition) is 5. The zero-order valence-electron chi connectivity index (χ0n) is 11.7. The van der Waals surface area contributed by atoms with Gasteiger partial charge in [-0.25, -0.2) is 18.7 Å². The lowest BCUT2D eigenvalue weighted by Gasteiger charge is -2.12. The third kappa shape index (κ3) is 3.77. The molecule has 0 aliphatic carbocycles. The van der Waals surface area contributed by atoms with Crippen molar-refractivity contribution in [3.05, 3.63) is 36.2 Å².